The van der Waals surface area contributed by atoms with Gasteiger partial charge in [-0.1, -0.05) is 13.8 Å². The van der Waals surface area contributed by atoms with E-state index in [9.17, 15) is 0 Å². The van der Waals surface area contributed by atoms with Crippen LogP contribution < -0.4 is 5.73 Å². The number of nitrogens with two attached hydrogens (primary N) is 1. The minimum absolute atomic E-state index is 0.636. The summed E-state index contributed by atoms with van der Waals surface area (Å²) in [7, 11) is 0. The molecule has 0 spiro atoms. The zero-order valence-electron chi connectivity index (χ0n) is 10.2. The van der Waals surface area contributed by atoms with E-state index >= 15 is 0 Å². The van der Waals surface area contributed by atoms with E-state index in [1.54, 1.807) is 0 Å². The average molecular weight is 230 g/mol. The molecule has 1 heterocycles. The highest BCUT2D eigenvalue weighted by Crippen LogP contribution is 2.24. The Labute approximate surface area is 99.0 Å². The molecule has 90 valence electrons. The highest BCUT2D eigenvalue weighted by atomic mass is 32.2. The molecule has 0 aromatic heterocycles. The van der Waals surface area contributed by atoms with Crippen molar-refractivity contribution in [1.82, 2.24) is 4.90 Å². The van der Waals surface area contributed by atoms with Gasteiger partial charge in [0.25, 0.3) is 0 Å². The summed E-state index contributed by atoms with van der Waals surface area (Å²) < 4.78 is 0. The van der Waals surface area contributed by atoms with Gasteiger partial charge in [0.1, 0.15) is 0 Å². The van der Waals surface area contributed by atoms with E-state index in [1.807, 2.05) is 11.8 Å². The first-order valence-corrected chi connectivity index (χ1v) is 7.52. The van der Waals surface area contributed by atoms with E-state index in [1.165, 1.54) is 43.7 Å². The van der Waals surface area contributed by atoms with Crippen molar-refractivity contribution in [2.24, 2.45) is 5.73 Å². The molecule has 2 unspecified atom stereocenters. The third kappa shape index (κ3) is 3.97. The van der Waals surface area contributed by atoms with Gasteiger partial charge in [0, 0.05) is 18.6 Å². The maximum Gasteiger partial charge on any atom is 0.0229 e. The Bertz CT molecular complexity index is 164. The van der Waals surface area contributed by atoms with Crippen LogP contribution in [0, 0.1) is 0 Å². The summed E-state index contributed by atoms with van der Waals surface area (Å²) in [6.45, 7) is 6.64. The molecular weight excluding hydrogens is 204 g/mol. The summed E-state index contributed by atoms with van der Waals surface area (Å²) in [5, 5.41) is 0. The predicted molar refractivity (Wildman–Crippen MR) is 70.5 cm³/mol. The molecule has 1 fully saturated rings. The van der Waals surface area contributed by atoms with Gasteiger partial charge >= 0.3 is 0 Å². The first kappa shape index (κ1) is 13.3. The molecule has 1 aliphatic heterocycles. The quantitative estimate of drug-likeness (QED) is 0.681. The van der Waals surface area contributed by atoms with Gasteiger partial charge in [0.2, 0.25) is 0 Å². The van der Waals surface area contributed by atoms with Gasteiger partial charge in [-0.05, 0) is 43.7 Å². The number of nitrogens with zero attached hydrogens (tertiary/aromatic N) is 1. The van der Waals surface area contributed by atoms with Crippen LogP contribution in [0.3, 0.4) is 0 Å². The standard InChI is InChI=1S/C12H26N2S/c1-3-11-6-5-8-14(11)12(10-13)7-9-15-4-2/h11-12H,3-10,13H2,1-2H3. The fourth-order valence-electron chi connectivity index (χ4n) is 2.56. The second kappa shape index (κ2) is 7.53. The molecule has 0 bridgehead atoms. The van der Waals surface area contributed by atoms with Crippen molar-refractivity contribution >= 4 is 11.8 Å². The van der Waals surface area contributed by atoms with Gasteiger partial charge in [0.05, 0.1) is 0 Å². The van der Waals surface area contributed by atoms with Crippen molar-refractivity contribution in [1.29, 1.82) is 0 Å². The Hall–Kier alpha value is 0.270. The van der Waals surface area contributed by atoms with E-state index in [4.69, 9.17) is 5.73 Å². The second-order valence-electron chi connectivity index (χ2n) is 4.32. The van der Waals surface area contributed by atoms with Crippen LogP contribution in [0.15, 0.2) is 0 Å². The molecule has 1 aliphatic rings. The molecule has 0 radical (unpaired) electrons. The smallest absolute Gasteiger partial charge is 0.0229 e. The first-order chi connectivity index (χ1) is 7.33. The highest BCUT2D eigenvalue weighted by molar-refractivity contribution is 7.99. The van der Waals surface area contributed by atoms with Crippen molar-refractivity contribution in [2.45, 2.75) is 51.6 Å². The van der Waals surface area contributed by atoms with Crippen LogP contribution in [-0.4, -0.2) is 41.6 Å². The Kier molecular flexibility index (Phi) is 6.69. The van der Waals surface area contributed by atoms with Crippen LogP contribution in [0.4, 0.5) is 0 Å². The molecule has 3 heteroatoms. The summed E-state index contributed by atoms with van der Waals surface area (Å²) >= 11 is 2.04. The summed E-state index contributed by atoms with van der Waals surface area (Å²) in [6.07, 6.45) is 5.31. The van der Waals surface area contributed by atoms with Gasteiger partial charge in [-0.3, -0.25) is 4.90 Å². The summed E-state index contributed by atoms with van der Waals surface area (Å²) in [4.78, 5) is 2.66. The summed E-state index contributed by atoms with van der Waals surface area (Å²) in [5.74, 6) is 2.50. The fourth-order valence-corrected chi connectivity index (χ4v) is 3.29. The van der Waals surface area contributed by atoms with Crippen LogP contribution in [0.1, 0.15) is 39.5 Å². The lowest BCUT2D eigenvalue weighted by Gasteiger charge is -2.31. The minimum Gasteiger partial charge on any atom is -0.329 e. The molecule has 1 saturated heterocycles. The minimum atomic E-state index is 0.636. The summed E-state index contributed by atoms with van der Waals surface area (Å²) in [6, 6.07) is 1.45. The van der Waals surface area contributed by atoms with E-state index < -0.39 is 0 Å². The number of thioether (sulfide) groups is 1. The molecule has 15 heavy (non-hydrogen) atoms. The Balaban J connectivity index is 2.35. The molecule has 0 aliphatic carbocycles. The van der Waals surface area contributed by atoms with Gasteiger partial charge in [0.15, 0.2) is 0 Å². The number of hydrogen-bond donors (Lipinski definition) is 1. The predicted octanol–water partition coefficient (Wildman–Crippen LogP) is 2.33. The average Bonchev–Trinajstić information content (AvgIpc) is 2.72. The molecule has 2 N–H and O–H groups in total. The lowest BCUT2D eigenvalue weighted by Crippen LogP contribution is -2.43. The molecule has 2 nitrogen and oxygen atoms in total. The zero-order chi connectivity index (χ0) is 11.1. The summed E-state index contributed by atoms with van der Waals surface area (Å²) in [5.41, 5.74) is 5.90. The van der Waals surface area contributed by atoms with E-state index in [-0.39, 0.29) is 0 Å². The zero-order valence-corrected chi connectivity index (χ0v) is 11.1. The Morgan fingerprint density at radius 2 is 2.27 bits per heavy atom. The van der Waals surface area contributed by atoms with Crippen molar-refractivity contribution in [3.8, 4) is 0 Å². The number of hydrogen-bond acceptors (Lipinski definition) is 3. The Morgan fingerprint density at radius 3 is 2.87 bits per heavy atom. The normalized spacial score (nSPS) is 24.6. The van der Waals surface area contributed by atoms with Crippen molar-refractivity contribution in [3.63, 3.8) is 0 Å². The third-order valence-corrected chi connectivity index (χ3v) is 4.37. The van der Waals surface area contributed by atoms with E-state index in [0.29, 0.717) is 6.04 Å². The third-order valence-electron chi connectivity index (χ3n) is 3.43. The SMILES string of the molecule is CCSCCC(CN)N1CCCC1CC. The molecule has 0 aromatic rings. The maximum atomic E-state index is 5.90. The van der Waals surface area contributed by atoms with Crippen LogP contribution in [0.25, 0.3) is 0 Å². The van der Waals surface area contributed by atoms with E-state index in [0.717, 1.165) is 12.6 Å². The van der Waals surface area contributed by atoms with E-state index in [2.05, 4.69) is 18.7 Å². The molecular formula is C12H26N2S. The topological polar surface area (TPSA) is 29.3 Å². The van der Waals surface area contributed by atoms with Crippen molar-refractivity contribution in [2.75, 3.05) is 24.6 Å². The van der Waals surface area contributed by atoms with Gasteiger partial charge in [-0.2, -0.15) is 11.8 Å². The van der Waals surface area contributed by atoms with Gasteiger partial charge in [-0.15, -0.1) is 0 Å². The van der Waals surface area contributed by atoms with Crippen LogP contribution in [0.2, 0.25) is 0 Å². The lowest BCUT2D eigenvalue weighted by molar-refractivity contribution is 0.176. The molecule has 0 aromatic carbocycles. The first-order valence-electron chi connectivity index (χ1n) is 6.37. The van der Waals surface area contributed by atoms with Crippen molar-refractivity contribution in [3.05, 3.63) is 0 Å². The number of likely N-dealkylation sites (tertiary alicyclic amines) is 1. The highest BCUT2D eigenvalue weighted by Gasteiger charge is 2.28. The van der Waals surface area contributed by atoms with Crippen LogP contribution in [0.5, 0.6) is 0 Å². The monoisotopic (exact) mass is 230 g/mol. The van der Waals surface area contributed by atoms with Crippen LogP contribution in [-0.2, 0) is 0 Å². The second-order valence-corrected chi connectivity index (χ2v) is 5.71. The molecule has 0 amide bonds. The van der Waals surface area contributed by atoms with Gasteiger partial charge < -0.3 is 5.73 Å². The molecule has 0 saturated carbocycles. The number of rotatable bonds is 7. The maximum absolute atomic E-state index is 5.90. The fraction of sp³-hybridized carbons (Fsp3) is 1.00. The molecule has 1 rings (SSSR count). The Morgan fingerprint density at radius 1 is 1.47 bits per heavy atom. The van der Waals surface area contributed by atoms with Gasteiger partial charge in [-0.25, -0.2) is 0 Å². The van der Waals surface area contributed by atoms with Crippen LogP contribution >= 0.6 is 11.8 Å². The van der Waals surface area contributed by atoms with Crippen molar-refractivity contribution < 1.29 is 0 Å². The lowest BCUT2D eigenvalue weighted by atomic mass is 10.1. The largest absolute Gasteiger partial charge is 0.329 e. The molecule has 2 atom stereocenters.